The normalized spacial score (nSPS) is 12.2. The first-order chi connectivity index (χ1) is 9.65. The second kappa shape index (κ2) is 7.29. The minimum absolute atomic E-state index is 0.198. The van der Waals surface area contributed by atoms with E-state index in [0.717, 1.165) is 0 Å². The molecule has 0 saturated heterocycles. The number of nitrogens with zero attached hydrogens (tertiary/aromatic N) is 1. The van der Waals surface area contributed by atoms with Crippen LogP contribution in [0.5, 0.6) is 0 Å². The summed E-state index contributed by atoms with van der Waals surface area (Å²) in [6.07, 6.45) is 0. The number of nitrogens with one attached hydrogen (secondary N) is 1. The Morgan fingerprint density at radius 3 is 2.29 bits per heavy atom. The Morgan fingerprint density at radius 1 is 1.24 bits per heavy atom. The maximum Gasteiger partial charge on any atom is 0.388 e. The van der Waals surface area contributed by atoms with E-state index in [1.54, 1.807) is 13.0 Å². The van der Waals surface area contributed by atoms with Crippen LogP contribution >= 0.6 is 34.8 Å². The average molecular weight is 358 g/mol. The number of allylic oxidation sites excluding steroid dienone is 1. The molecule has 0 saturated carbocycles. The van der Waals surface area contributed by atoms with Gasteiger partial charge in [-0.05, 0) is 24.6 Å². The topological polar surface area (TPSA) is 36.3 Å². The van der Waals surface area contributed by atoms with Crippen molar-refractivity contribution in [2.24, 2.45) is 0 Å². The van der Waals surface area contributed by atoms with E-state index in [-0.39, 0.29) is 27.2 Å². The molecule has 0 aliphatic carbocycles. The molecule has 0 fully saturated rings. The molecule has 0 aliphatic heterocycles. The third kappa shape index (κ3) is 4.46. The molecule has 21 heavy (non-hydrogen) atoms. The number of benzene rings is 1. The zero-order chi connectivity index (χ0) is 16.3. The molecule has 0 atom stereocenters. The van der Waals surface area contributed by atoms with E-state index in [1.807, 2.05) is 0 Å². The van der Waals surface area contributed by atoms with E-state index in [2.05, 4.69) is 4.74 Å². The van der Waals surface area contributed by atoms with E-state index in [4.69, 9.17) is 40.2 Å². The minimum atomic E-state index is -3.05. The predicted octanol–water partition coefficient (Wildman–Crippen LogP) is 4.88. The number of rotatable bonds is 5. The van der Waals surface area contributed by atoms with Crippen molar-refractivity contribution in [3.63, 3.8) is 0 Å². The first-order valence-corrected chi connectivity index (χ1v) is 6.85. The molecule has 116 valence electrons. The lowest BCUT2D eigenvalue weighted by molar-refractivity contribution is -0.113. The van der Waals surface area contributed by atoms with Gasteiger partial charge in [0.05, 0.1) is 10.7 Å². The Bertz CT molecular complexity index is 589. The summed E-state index contributed by atoms with van der Waals surface area (Å²) in [6.45, 7) is -1.32. The van der Waals surface area contributed by atoms with Crippen molar-refractivity contribution in [1.82, 2.24) is 4.90 Å². The lowest BCUT2D eigenvalue weighted by Crippen LogP contribution is -2.20. The Morgan fingerprint density at radius 2 is 1.81 bits per heavy atom. The van der Waals surface area contributed by atoms with Crippen LogP contribution in [-0.2, 0) is 4.74 Å². The lowest BCUT2D eigenvalue weighted by atomic mass is 10.1. The Hall–Kier alpha value is -1.04. The van der Waals surface area contributed by atoms with E-state index in [1.165, 1.54) is 25.1 Å². The molecule has 0 aliphatic rings. The summed E-state index contributed by atoms with van der Waals surface area (Å²) in [5, 5.41) is 8.40. The number of aryl methyl sites for hydroxylation is 1. The molecule has 1 N–H and O–H groups in total. The fourth-order valence-corrected chi connectivity index (χ4v) is 2.30. The monoisotopic (exact) mass is 356 g/mol. The van der Waals surface area contributed by atoms with Gasteiger partial charge in [-0.2, -0.15) is 8.78 Å². The van der Waals surface area contributed by atoms with Crippen LogP contribution in [0.15, 0.2) is 23.0 Å². The van der Waals surface area contributed by atoms with Gasteiger partial charge in [-0.15, -0.1) is 0 Å². The van der Waals surface area contributed by atoms with E-state index in [9.17, 15) is 8.78 Å². The summed E-state index contributed by atoms with van der Waals surface area (Å²) in [5.41, 5.74) is 0.734. The molecule has 0 radical (unpaired) electrons. The minimum Gasteiger partial charge on any atom is -0.417 e. The van der Waals surface area contributed by atoms with Gasteiger partial charge >= 0.3 is 6.61 Å². The van der Waals surface area contributed by atoms with Crippen molar-refractivity contribution in [3.05, 3.63) is 44.2 Å². The smallest absolute Gasteiger partial charge is 0.388 e. The van der Waals surface area contributed by atoms with Crippen LogP contribution in [0, 0.1) is 12.3 Å². The van der Waals surface area contributed by atoms with Gasteiger partial charge in [0.2, 0.25) is 5.88 Å². The number of hydrogen-bond acceptors (Lipinski definition) is 3. The Labute approximate surface area is 136 Å². The molecule has 8 heteroatoms. The third-order valence-electron chi connectivity index (χ3n) is 2.53. The Balaban J connectivity index is 3.31. The summed E-state index contributed by atoms with van der Waals surface area (Å²) in [5.74, 6) is -0.319. The molecule has 0 bridgehead atoms. The number of alkyl halides is 2. The summed E-state index contributed by atoms with van der Waals surface area (Å²) >= 11 is 17.9. The van der Waals surface area contributed by atoms with Crippen molar-refractivity contribution in [2.75, 3.05) is 14.1 Å². The van der Waals surface area contributed by atoms with Crippen LogP contribution in [0.3, 0.4) is 0 Å². The van der Waals surface area contributed by atoms with Gasteiger partial charge in [-0.25, -0.2) is 0 Å². The molecule has 0 unspecified atom stereocenters. The number of hydrogen-bond donors (Lipinski definition) is 1. The molecular formula is C13H13Cl3F2N2O. The summed E-state index contributed by atoms with van der Waals surface area (Å²) < 4.78 is 29.2. The first kappa shape index (κ1) is 18.0. The van der Waals surface area contributed by atoms with Gasteiger partial charge in [-0.1, -0.05) is 34.8 Å². The van der Waals surface area contributed by atoms with Crippen molar-refractivity contribution >= 4 is 40.5 Å². The zero-order valence-electron chi connectivity index (χ0n) is 11.5. The highest BCUT2D eigenvalue weighted by Gasteiger charge is 2.20. The van der Waals surface area contributed by atoms with Crippen LogP contribution in [0.2, 0.25) is 10.0 Å². The SMILES string of the molecule is Cc1cc(C(=N)/C(Cl)=C(/OC(F)F)N(C)C)c(Cl)cc1Cl. The zero-order valence-corrected chi connectivity index (χ0v) is 13.7. The van der Waals surface area contributed by atoms with Gasteiger partial charge < -0.3 is 9.64 Å². The molecule has 0 amide bonds. The molecule has 0 aromatic heterocycles. The van der Waals surface area contributed by atoms with E-state index < -0.39 is 6.61 Å². The molecule has 1 aromatic carbocycles. The maximum absolute atomic E-state index is 12.4. The largest absolute Gasteiger partial charge is 0.417 e. The van der Waals surface area contributed by atoms with Gasteiger partial charge in [-0.3, -0.25) is 5.41 Å². The lowest BCUT2D eigenvalue weighted by Gasteiger charge is -2.20. The summed E-state index contributed by atoms with van der Waals surface area (Å²) in [6, 6.07) is 3.03. The average Bonchev–Trinajstić information content (AvgIpc) is 2.38. The molecule has 3 nitrogen and oxygen atoms in total. The van der Waals surface area contributed by atoms with Crippen LogP contribution in [0.4, 0.5) is 8.78 Å². The molecule has 0 spiro atoms. The third-order valence-corrected chi connectivity index (χ3v) is 3.60. The van der Waals surface area contributed by atoms with Crippen molar-refractivity contribution in [3.8, 4) is 0 Å². The standard InChI is InChI=1S/C13H13Cl3F2N2O/c1-6-4-7(9(15)5-8(6)14)11(19)10(16)12(20(2)3)21-13(17)18/h4-5,13,19H,1-3H3/b12-10-,19-11?. The first-order valence-electron chi connectivity index (χ1n) is 5.72. The van der Waals surface area contributed by atoms with E-state index in [0.29, 0.717) is 10.6 Å². The maximum atomic E-state index is 12.4. The highest BCUT2D eigenvalue weighted by Crippen LogP contribution is 2.29. The molecule has 1 rings (SSSR count). The van der Waals surface area contributed by atoms with Crippen LogP contribution < -0.4 is 0 Å². The highest BCUT2D eigenvalue weighted by molar-refractivity contribution is 6.48. The van der Waals surface area contributed by atoms with Gasteiger partial charge in [0.25, 0.3) is 0 Å². The summed E-state index contributed by atoms with van der Waals surface area (Å²) in [4.78, 5) is 1.25. The second-order valence-corrected chi connectivity index (χ2v) is 5.54. The molecule has 0 heterocycles. The van der Waals surface area contributed by atoms with Crippen LogP contribution in [0.1, 0.15) is 11.1 Å². The summed E-state index contributed by atoms with van der Waals surface area (Å²) in [7, 11) is 2.95. The number of halogens is 5. The van der Waals surface area contributed by atoms with Crippen molar-refractivity contribution in [1.29, 1.82) is 5.41 Å². The van der Waals surface area contributed by atoms with Gasteiger partial charge in [0.15, 0.2) is 0 Å². The van der Waals surface area contributed by atoms with Crippen molar-refractivity contribution < 1.29 is 13.5 Å². The van der Waals surface area contributed by atoms with Gasteiger partial charge in [0.1, 0.15) is 5.03 Å². The van der Waals surface area contributed by atoms with Crippen molar-refractivity contribution in [2.45, 2.75) is 13.5 Å². The van der Waals surface area contributed by atoms with Crippen LogP contribution in [0.25, 0.3) is 0 Å². The fraction of sp³-hybridized carbons (Fsp3) is 0.308. The number of ether oxygens (including phenoxy) is 1. The van der Waals surface area contributed by atoms with Gasteiger partial charge in [0, 0.05) is 24.7 Å². The Kier molecular flexibility index (Phi) is 6.25. The highest BCUT2D eigenvalue weighted by atomic mass is 35.5. The molecular weight excluding hydrogens is 345 g/mol. The van der Waals surface area contributed by atoms with E-state index >= 15 is 0 Å². The van der Waals surface area contributed by atoms with Crippen LogP contribution in [-0.4, -0.2) is 31.3 Å². The fourth-order valence-electron chi connectivity index (χ4n) is 1.51. The predicted molar refractivity (Wildman–Crippen MR) is 81.7 cm³/mol. The quantitative estimate of drug-likeness (QED) is 0.602. The molecule has 1 aromatic rings. The second-order valence-electron chi connectivity index (χ2n) is 4.35.